The Labute approximate surface area is 101 Å². The maximum Gasteiger partial charge on any atom is 0.228 e. The zero-order valence-corrected chi connectivity index (χ0v) is 9.15. The van der Waals surface area contributed by atoms with Crippen LogP contribution in [-0.2, 0) is 6.42 Å². The molecule has 0 fully saturated rings. The smallest absolute Gasteiger partial charge is 0.228 e. The molecule has 0 unspecified atom stereocenters. The molecule has 0 atom stereocenters. The molecule has 2 aromatic rings. The molecule has 1 aromatic heterocycles. The van der Waals surface area contributed by atoms with Gasteiger partial charge in [-0.15, -0.1) is 0 Å². The third-order valence-corrected chi connectivity index (χ3v) is 2.22. The van der Waals surface area contributed by atoms with Crippen LogP contribution in [-0.4, -0.2) is 16.7 Å². The molecule has 2 rings (SSSR count). The molecule has 92 valence electrons. The summed E-state index contributed by atoms with van der Waals surface area (Å²) in [6.45, 7) is 0.238. The van der Waals surface area contributed by atoms with Crippen molar-refractivity contribution >= 4 is 5.69 Å². The molecule has 1 heterocycles. The molecule has 0 amide bonds. The molecule has 0 saturated heterocycles. The van der Waals surface area contributed by atoms with Gasteiger partial charge in [0.05, 0.1) is 11.6 Å². The van der Waals surface area contributed by atoms with Crippen LogP contribution in [0.4, 0.5) is 14.5 Å². The first-order valence-electron chi connectivity index (χ1n) is 5.09. The summed E-state index contributed by atoms with van der Waals surface area (Å²) in [5.41, 5.74) is -0.332. The van der Waals surface area contributed by atoms with Gasteiger partial charge in [-0.3, -0.25) is 0 Å². The van der Waals surface area contributed by atoms with Gasteiger partial charge in [0.1, 0.15) is 5.69 Å². The third kappa shape index (κ3) is 2.60. The van der Waals surface area contributed by atoms with Crippen LogP contribution >= 0.6 is 0 Å². The molecular formula is C11H8F2N4O. The first-order valence-corrected chi connectivity index (χ1v) is 5.09. The fraction of sp³-hybridized carbons (Fsp3) is 0.182. The topological polar surface area (TPSA) is 74.7 Å². The van der Waals surface area contributed by atoms with Crippen molar-refractivity contribution in [2.45, 2.75) is 6.42 Å². The zero-order chi connectivity index (χ0) is 13.0. The van der Waals surface area contributed by atoms with E-state index in [-0.39, 0.29) is 17.8 Å². The third-order valence-electron chi connectivity index (χ3n) is 2.22. The molecule has 0 aliphatic rings. The highest BCUT2D eigenvalue weighted by Gasteiger charge is 2.11. The quantitative estimate of drug-likeness (QED) is 0.896. The van der Waals surface area contributed by atoms with Gasteiger partial charge in [0.25, 0.3) is 0 Å². The van der Waals surface area contributed by atoms with Gasteiger partial charge in [-0.25, -0.2) is 8.78 Å². The van der Waals surface area contributed by atoms with Crippen molar-refractivity contribution in [3.05, 3.63) is 41.5 Å². The molecule has 1 N–H and O–H groups in total. The number of benzene rings is 1. The van der Waals surface area contributed by atoms with Gasteiger partial charge in [0.15, 0.2) is 18.0 Å². The minimum Gasteiger partial charge on any atom is -0.380 e. The fourth-order valence-electron chi connectivity index (χ4n) is 1.41. The Morgan fingerprint density at radius 3 is 2.61 bits per heavy atom. The Bertz CT molecular complexity index is 554. The van der Waals surface area contributed by atoms with Gasteiger partial charge in [0.2, 0.25) is 5.89 Å². The number of rotatable bonds is 4. The molecule has 5 nitrogen and oxygen atoms in total. The standard InChI is InChI=1S/C11H8F2N4O/c12-8-3-7(5-14)4-9(13)11(8)15-2-1-10-16-6-17-18-10/h3-4,6,15H,1-2H2. The van der Waals surface area contributed by atoms with E-state index in [1.165, 1.54) is 6.33 Å². The van der Waals surface area contributed by atoms with E-state index in [2.05, 4.69) is 15.5 Å². The summed E-state index contributed by atoms with van der Waals surface area (Å²) in [7, 11) is 0. The number of halogens is 2. The normalized spacial score (nSPS) is 10.1. The Balaban J connectivity index is 2.03. The monoisotopic (exact) mass is 250 g/mol. The predicted octanol–water partition coefficient (Wildman–Crippen LogP) is 1.87. The van der Waals surface area contributed by atoms with Gasteiger partial charge in [-0.05, 0) is 12.1 Å². The van der Waals surface area contributed by atoms with E-state index in [9.17, 15) is 8.78 Å². The zero-order valence-electron chi connectivity index (χ0n) is 9.15. The number of hydrogen-bond acceptors (Lipinski definition) is 5. The van der Waals surface area contributed by atoms with Crippen molar-refractivity contribution in [3.8, 4) is 6.07 Å². The van der Waals surface area contributed by atoms with Crippen molar-refractivity contribution in [1.82, 2.24) is 10.1 Å². The van der Waals surface area contributed by atoms with Crippen LogP contribution in [0.25, 0.3) is 0 Å². The molecule has 0 aliphatic carbocycles. The van der Waals surface area contributed by atoms with E-state index in [4.69, 9.17) is 9.78 Å². The van der Waals surface area contributed by atoms with E-state index in [0.717, 1.165) is 12.1 Å². The highest BCUT2D eigenvalue weighted by atomic mass is 19.1. The Kier molecular flexibility index (Phi) is 3.48. The lowest BCUT2D eigenvalue weighted by Gasteiger charge is -2.07. The first-order chi connectivity index (χ1) is 8.70. The van der Waals surface area contributed by atoms with Crippen LogP contribution in [0.1, 0.15) is 11.5 Å². The van der Waals surface area contributed by atoms with Gasteiger partial charge >= 0.3 is 0 Å². The van der Waals surface area contributed by atoms with Crippen molar-refractivity contribution < 1.29 is 13.3 Å². The van der Waals surface area contributed by atoms with Crippen LogP contribution < -0.4 is 5.32 Å². The molecule has 0 radical (unpaired) electrons. The second kappa shape index (κ2) is 5.23. The van der Waals surface area contributed by atoms with E-state index in [1.54, 1.807) is 6.07 Å². The Hall–Kier alpha value is -2.49. The number of hydrogen-bond donors (Lipinski definition) is 1. The van der Waals surface area contributed by atoms with Crippen LogP contribution in [0.3, 0.4) is 0 Å². The van der Waals surface area contributed by atoms with Gasteiger partial charge in [-0.1, -0.05) is 5.16 Å². The summed E-state index contributed by atoms with van der Waals surface area (Å²) >= 11 is 0. The van der Waals surface area contributed by atoms with Crippen molar-refractivity contribution in [2.75, 3.05) is 11.9 Å². The summed E-state index contributed by atoms with van der Waals surface area (Å²) in [6.07, 6.45) is 1.59. The number of aromatic nitrogens is 2. The molecule has 0 spiro atoms. The van der Waals surface area contributed by atoms with Crippen molar-refractivity contribution in [1.29, 1.82) is 5.26 Å². The highest BCUT2D eigenvalue weighted by Crippen LogP contribution is 2.20. The highest BCUT2D eigenvalue weighted by molar-refractivity contribution is 5.50. The van der Waals surface area contributed by atoms with Crippen LogP contribution in [0.15, 0.2) is 23.0 Å². The molecule has 0 aliphatic heterocycles. The molecule has 18 heavy (non-hydrogen) atoms. The average Bonchev–Trinajstić information content (AvgIpc) is 2.85. The van der Waals surface area contributed by atoms with E-state index >= 15 is 0 Å². The SMILES string of the molecule is N#Cc1cc(F)c(NCCc2ncno2)c(F)c1. The largest absolute Gasteiger partial charge is 0.380 e. The van der Waals surface area contributed by atoms with Crippen LogP contribution in [0, 0.1) is 23.0 Å². The predicted molar refractivity (Wildman–Crippen MR) is 57.6 cm³/mol. The minimum atomic E-state index is -0.808. The molecule has 7 heteroatoms. The van der Waals surface area contributed by atoms with E-state index in [1.807, 2.05) is 0 Å². The Morgan fingerprint density at radius 2 is 2.06 bits per heavy atom. The van der Waals surface area contributed by atoms with Gasteiger partial charge in [-0.2, -0.15) is 10.2 Å². The minimum absolute atomic E-state index is 0.0625. The lowest BCUT2D eigenvalue weighted by atomic mass is 10.2. The summed E-state index contributed by atoms with van der Waals surface area (Å²) in [5.74, 6) is -1.24. The average molecular weight is 250 g/mol. The molecule has 1 aromatic carbocycles. The van der Waals surface area contributed by atoms with E-state index < -0.39 is 11.6 Å². The lowest BCUT2D eigenvalue weighted by molar-refractivity contribution is 0.379. The summed E-state index contributed by atoms with van der Waals surface area (Å²) in [6, 6.07) is 3.61. The molecule has 0 saturated carbocycles. The van der Waals surface area contributed by atoms with Crippen molar-refractivity contribution in [3.63, 3.8) is 0 Å². The summed E-state index contributed by atoms with van der Waals surface area (Å²) in [5, 5.41) is 14.5. The lowest BCUT2D eigenvalue weighted by Crippen LogP contribution is -2.08. The number of nitriles is 1. The maximum atomic E-state index is 13.5. The van der Waals surface area contributed by atoms with Crippen LogP contribution in [0.2, 0.25) is 0 Å². The second-order valence-corrected chi connectivity index (χ2v) is 3.44. The number of nitrogens with zero attached hydrogens (tertiary/aromatic N) is 3. The second-order valence-electron chi connectivity index (χ2n) is 3.44. The van der Waals surface area contributed by atoms with Gasteiger partial charge in [0, 0.05) is 13.0 Å². The van der Waals surface area contributed by atoms with Gasteiger partial charge < -0.3 is 9.84 Å². The molecule has 0 bridgehead atoms. The maximum absolute atomic E-state index is 13.5. The number of nitrogens with one attached hydrogen (secondary N) is 1. The molecular weight excluding hydrogens is 242 g/mol. The fourth-order valence-corrected chi connectivity index (χ4v) is 1.41. The van der Waals surface area contributed by atoms with Crippen LogP contribution in [0.5, 0.6) is 0 Å². The summed E-state index contributed by atoms with van der Waals surface area (Å²) in [4.78, 5) is 3.77. The first kappa shape index (κ1) is 12.0. The number of anilines is 1. The summed E-state index contributed by atoms with van der Waals surface area (Å²) < 4.78 is 31.7. The van der Waals surface area contributed by atoms with Crippen molar-refractivity contribution in [2.24, 2.45) is 0 Å². The Morgan fingerprint density at radius 1 is 1.33 bits per heavy atom. The van der Waals surface area contributed by atoms with E-state index in [0.29, 0.717) is 12.3 Å².